The molecule has 0 fully saturated rings. The number of hydrogen-bond donors (Lipinski definition) is 1. The Morgan fingerprint density at radius 1 is 1.22 bits per heavy atom. The number of aryl methyl sites for hydroxylation is 2. The minimum absolute atomic E-state index is 0.00514. The highest BCUT2D eigenvalue weighted by molar-refractivity contribution is 6.02. The van der Waals surface area contributed by atoms with Gasteiger partial charge in [0.2, 0.25) is 0 Å². The highest BCUT2D eigenvalue weighted by Crippen LogP contribution is 2.23. The van der Waals surface area contributed by atoms with E-state index in [2.05, 4.69) is 10.4 Å². The van der Waals surface area contributed by atoms with Gasteiger partial charge in [0.1, 0.15) is 17.1 Å². The standard InChI is InChI=1S/C19H20N4O4/c1-11-6-5-7-16(12(11)2)20-19(24)17-9-8-15(27-17)10-22-14(4)18(23(25)26)13(3)21-22/h5-9H,10H2,1-4H3,(H,20,24). The van der Waals surface area contributed by atoms with Crippen molar-refractivity contribution in [3.8, 4) is 0 Å². The average molecular weight is 368 g/mol. The van der Waals surface area contributed by atoms with E-state index in [0.717, 1.165) is 16.8 Å². The van der Waals surface area contributed by atoms with Gasteiger partial charge >= 0.3 is 5.69 Å². The Balaban J connectivity index is 1.77. The van der Waals surface area contributed by atoms with Crippen molar-refractivity contribution in [1.82, 2.24) is 9.78 Å². The molecule has 140 valence electrons. The van der Waals surface area contributed by atoms with Crippen LogP contribution in [0.5, 0.6) is 0 Å². The molecule has 0 radical (unpaired) electrons. The van der Waals surface area contributed by atoms with Crippen molar-refractivity contribution in [3.05, 3.63) is 74.5 Å². The number of furan rings is 1. The molecule has 0 bridgehead atoms. The van der Waals surface area contributed by atoms with Crippen LogP contribution in [0.2, 0.25) is 0 Å². The Labute approximate surface area is 156 Å². The number of benzene rings is 1. The van der Waals surface area contributed by atoms with Crippen molar-refractivity contribution in [1.29, 1.82) is 0 Å². The van der Waals surface area contributed by atoms with Gasteiger partial charge in [0.05, 0.1) is 11.5 Å². The predicted molar refractivity (Wildman–Crippen MR) is 100 cm³/mol. The summed E-state index contributed by atoms with van der Waals surface area (Å²) >= 11 is 0. The van der Waals surface area contributed by atoms with Gasteiger partial charge in [-0.15, -0.1) is 0 Å². The highest BCUT2D eigenvalue weighted by atomic mass is 16.6. The topological polar surface area (TPSA) is 103 Å². The third-order valence-corrected chi connectivity index (χ3v) is 4.57. The van der Waals surface area contributed by atoms with Gasteiger partial charge in [-0.3, -0.25) is 19.6 Å². The summed E-state index contributed by atoms with van der Waals surface area (Å²) in [6.45, 7) is 7.34. The van der Waals surface area contributed by atoms with E-state index in [1.165, 1.54) is 4.68 Å². The molecular weight excluding hydrogens is 348 g/mol. The first-order chi connectivity index (χ1) is 12.8. The number of amides is 1. The van der Waals surface area contributed by atoms with Crippen LogP contribution < -0.4 is 5.32 Å². The predicted octanol–water partition coefficient (Wildman–Crippen LogP) is 3.92. The fourth-order valence-electron chi connectivity index (χ4n) is 2.91. The second-order valence-electron chi connectivity index (χ2n) is 6.40. The maximum Gasteiger partial charge on any atom is 0.312 e. The lowest BCUT2D eigenvalue weighted by Gasteiger charge is -2.09. The number of carbonyl (C=O) groups excluding carboxylic acids is 1. The van der Waals surface area contributed by atoms with Crippen LogP contribution in [0.1, 0.15) is 38.8 Å². The normalized spacial score (nSPS) is 10.8. The molecule has 8 heteroatoms. The minimum Gasteiger partial charge on any atom is -0.454 e. The summed E-state index contributed by atoms with van der Waals surface area (Å²) in [5, 5.41) is 18.1. The number of nitrogens with zero attached hydrogens (tertiary/aromatic N) is 3. The molecule has 0 saturated carbocycles. The Hall–Kier alpha value is -3.42. The Kier molecular flexibility index (Phi) is 4.81. The zero-order chi connectivity index (χ0) is 19.7. The molecule has 0 unspecified atom stereocenters. The molecule has 0 aliphatic heterocycles. The van der Waals surface area contributed by atoms with E-state index < -0.39 is 4.92 Å². The SMILES string of the molecule is Cc1cccc(NC(=O)c2ccc(Cn3nc(C)c([N+](=O)[O-])c3C)o2)c1C. The van der Waals surface area contributed by atoms with Gasteiger partial charge in [-0.25, -0.2) is 0 Å². The third kappa shape index (κ3) is 3.59. The molecular formula is C19H20N4O4. The lowest BCUT2D eigenvalue weighted by molar-refractivity contribution is -0.386. The van der Waals surface area contributed by atoms with Gasteiger partial charge in [-0.2, -0.15) is 5.10 Å². The van der Waals surface area contributed by atoms with Crippen molar-refractivity contribution < 1.29 is 14.1 Å². The summed E-state index contributed by atoms with van der Waals surface area (Å²) in [4.78, 5) is 23.1. The van der Waals surface area contributed by atoms with Crippen LogP contribution in [-0.2, 0) is 6.54 Å². The van der Waals surface area contributed by atoms with E-state index in [1.54, 1.807) is 26.0 Å². The van der Waals surface area contributed by atoms with Gasteiger partial charge in [0, 0.05) is 5.69 Å². The summed E-state index contributed by atoms with van der Waals surface area (Å²) in [6.07, 6.45) is 0. The first-order valence-electron chi connectivity index (χ1n) is 8.42. The minimum atomic E-state index is -0.445. The van der Waals surface area contributed by atoms with Crippen LogP contribution >= 0.6 is 0 Å². The maximum absolute atomic E-state index is 12.4. The quantitative estimate of drug-likeness (QED) is 0.543. The molecule has 3 aromatic rings. The van der Waals surface area contributed by atoms with Crippen LogP contribution in [0.4, 0.5) is 11.4 Å². The first kappa shape index (κ1) is 18.4. The molecule has 27 heavy (non-hydrogen) atoms. The largest absolute Gasteiger partial charge is 0.454 e. The number of aromatic nitrogens is 2. The van der Waals surface area contributed by atoms with E-state index in [-0.39, 0.29) is 23.9 Å². The first-order valence-corrected chi connectivity index (χ1v) is 8.42. The number of hydrogen-bond acceptors (Lipinski definition) is 5. The molecule has 1 amide bonds. The average Bonchev–Trinajstić information content (AvgIpc) is 3.17. The number of carbonyl (C=O) groups is 1. The van der Waals surface area contributed by atoms with Crippen molar-refractivity contribution in [2.45, 2.75) is 34.2 Å². The fourth-order valence-corrected chi connectivity index (χ4v) is 2.91. The molecule has 8 nitrogen and oxygen atoms in total. The number of rotatable bonds is 5. The molecule has 3 rings (SSSR count). The van der Waals surface area contributed by atoms with Crippen LogP contribution in [-0.4, -0.2) is 20.6 Å². The summed E-state index contributed by atoms with van der Waals surface area (Å²) in [6, 6.07) is 8.93. The molecule has 1 N–H and O–H groups in total. The second-order valence-corrected chi connectivity index (χ2v) is 6.40. The van der Waals surface area contributed by atoms with E-state index >= 15 is 0 Å². The van der Waals surface area contributed by atoms with Crippen LogP contribution in [0.3, 0.4) is 0 Å². The van der Waals surface area contributed by atoms with Crippen LogP contribution in [0.25, 0.3) is 0 Å². The summed E-state index contributed by atoms with van der Waals surface area (Å²) < 4.78 is 7.11. The van der Waals surface area contributed by atoms with Gasteiger partial charge in [0.25, 0.3) is 5.91 Å². The molecule has 1 aromatic carbocycles. The molecule has 0 spiro atoms. The van der Waals surface area contributed by atoms with E-state index in [1.807, 2.05) is 32.0 Å². The zero-order valence-corrected chi connectivity index (χ0v) is 15.6. The van der Waals surface area contributed by atoms with E-state index in [9.17, 15) is 14.9 Å². The van der Waals surface area contributed by atoms with Gasteiger partial charge < -0.3 is 9.73 Å². The third-order valence-electron chi connectivity index (χ3n) is 4.57. The Bertz CT molecular complexity index is 1030. The second kappa shape index (κ2) is 7.06. The molecule has 0 aliphatic carbocycles. The molecule has 0 aliphatic rings. The Morgan fingerprint density at radius 2 is 1.96 bits per heavy atom. The van der Waals surface area contributed by atoms with Crippen molar-refractivity contribution in [2.75, 3.05) is 5.32 Å². The lowest BCUT2D eigenvalue weighted by atomic mass is 10.1. The van der Waals surface area contributed by atoms with Crippen molar-refractivity contribution >= 4 is 17.3 Å². The number of nitrogens with one attached hydrogen (secondary N) is 1. The van der Waals surface area contributed by atoms with Crippen LogP contribution in [0, 0.1) is 37.8 Å². The summed E-state index contributed by atoms with van der Waals surface area (Å²) in [5.41, 5.74) is 3.58. The van der Waals surface area contributed by atoms with Gasteiger partial charge in [-0.05, 0) is 57.0 Å². The van der Waals surface area contributed by atoms with Crippen molar-refractivity contribution in [3.63, 3.8) is 0 Å². The molecule has 2 heterocycles. The van der Waals surface area contributed by atoms with Crippen molar-refractivity contribution in [2.24, 2.45) is 0 Å². The Morgan fingerprint density at radius 3 is 2.63 bits per heavy atom. The zero-order valence-electron chi connectivity index (χ0n) is 15.6. The highest BCUT2D eigenvalue weighted by Gasteiger charge is 2.22. The number of anilines is 1. The molecule has 0 saturated heterocycles. The summed E-state index contributed by atoms with van der Waals surface area (Å²) in [7, 11) is 0. The summed E-state index contributed by atoms with van der Waals surface area (Å²) in [5.74, 6) is 0.304. The van der Waals surface area contributed by atoms with Crippen LogP contribution in [0.15, 0.2) is 34.7 Å². The molecule has 0 atom stereocenters. The van der Waals surface area contributed by atoms with E-state index in [4.69, 9.17) is 4.42 Å². The van der Waals surface area contributed by atoms with Gasteiger partial charge in [-0.1, -0.05) is 12.1 Å². The van der Waals surface area contributed by atoms with E-state index in [0.29, 0.717) is 17.1 Å². The maximum atomic E-state index is 12.4. The fraction of sp³-hybridized carbons (Fsp3) is 0.263. The number of nitro groups is 1. The monoisotopic (exact) mass is 368 g/mol. The lowest BCUT2D eigenvalue weighted by Crippen LogP contribution is -2.12. The smallest absolute Gasteiger partial charge is 0.312 e. The molecule has 2 aromatic heterocycles. The van der Waals surface area contributed by atoms with Gasteiger partial charge in [0.15, 0.2) is 5.76 Å².